The Balaban J connectivity index is -0.000000563. The minimum atomic E-state index is -0.768. The average Bonchev–Trinajstić information content (AvgIpc) is 2.50. The van der Waals surface area contributed by atoms with Crippen LogP contribution < -0.4 is 0 Å². The molecule has 0 aromatic rings. The van der Waals surface area contributed by atoms with Gasteiger partial charge in [-0.3, -0.25) is 6.08 Å². The van der Waals surface area contributed by atoms with Crippen molar-refractivity contribution < 1.29 is 26.5 Å². The van der Waals surface area contributed by atoms with E-state index in [0.717, 1.165) is 6.42 Å². The van der Waals surface area contributed by atoms with Crippen molar-refractivity contribution in [3.05, 3.63) is 23.8 Å². The van der Waals surface area contributed by atoms with E-state index in [1.807, 2.05) is 0 Å². The predicted molar refractivity (Wildman–Crippen MR) is 73.9 cm³/mol. The Morgan fingerprint density at radius 3 is 2.19 bits per heavy atom. The Bertz CT molecular complexity index is 230. The van der Waals surface area contributed by atoms with Gasteiger partial charge in [-0.1, -0.05) is 13.1 Å². The van der Waals surface area contributed by atoms with Gasteiger partial charge in [-0.2, -0.15) is 11.6 Å². The van der Waals surface area contributed by atoms with Gasteiger partial charge in [-0.15, -0.1) is 31.2 Å². The normalized spacial score (nSPS) is 15.0. The van der Waals surface area contributed by atoms with Crippen LogP contribution in [0, 0.1) is 6.08 Å². The van der Waals surface area contributed by atoms with Gasteiger partial charge in [0.1, 0.15) is 0 Å². The molecule has 1 aliphatic carbocycles. The molecule has 0 fully saturated rings. The van der Waals surface area contributed by atoms with E-state index in [9.17, 15) is 0 Å². The van der Waals surface area contributed by atoms with Gasteiger partial charge in [0.05, 0.1) is 14.9 Å². The van der Waals surface area contributed by atoms with E-state index >= 15 is 0 Å². The van der Waals surface area contributed by atoms with Gasteiger partial charge in [0.15, 0.2) is 0 Å². The third-order valence-corrected chi connectivity index (χ3v) is 3.78. The second kappa shape index (κ2) is 11.1. The molecule has 1 rings (SSSR count). The van der Waals surface area contributed by atoms with E-state index in [1.54, 1.807) is 0 Å². The van der Waals surface area contributed by atoms with Crippen molar-refractivity contribution in [2.75, 3.05) is 0 Å². The quantitative estimate of drug-likeness (QED) is 0.571. The molecule has 5 heteroatoms. The predicted octanol–water partition coefficient (Wildman–Crippen LogP) is 3.34. The molecule has 94 valence electrons. The van der Waals surface area contributed by atoms with Crippen LogP contribution >= 0.6 is 24.8 Å². The summed E-state index contributed by atoms with van der Waals surface area (Å²) in [5, 5.41) is 0. The summed E-state index contributed by atoms with van der Waals surface area (Å²) in [4.78, 5) is 0. The summed E-state index contributed by atoms with van der Waals surface area (Å²) in [6.07, 6.45) is 8.97. The fourth-order valence-electron chi connectivity index (χ4n) is 1.50. The van der Waals surface area contributed by atoms with E-state index in [0.29, 0.717) is 11.8 Å². The number of ether oxygens (including phenoxy) is 1. The number of halogens is 2. The molecule has 0 aliphatic heterocycles. The summed E-state index contributed by atoms with van der Waals surface area (Å²) >= 11 is 0. The van der Waals surface area contributed by atoms with Crippen LogP contribution in [0.25, 0.3) is 0 Å². The molecule has 1 aliphatic rings. The van der Waals surface area contributed by atoms with Gasteiger partial charge < -0.3 is 4.74 Å². The van der Waals surface area contributed by atoms with Crippen LogP contribution in [-0.4, -0.2) is 20.6 Å². The summed E-state index contributed by atoms with van der Waals surface area (Å²) in [6, 6.07) is 0. The minimum Gasteiger partial charge on any atom is -0.378 e. The standard InChI is InChI=1S/C11H19OSi.2ClH.Ti/c1-9(2)12-11(13(3)4)10-7-5-6-8-10;;;/h5,7,9,11,13H,6H2,1-4H3;2*1H;/q-1;;;. The van der Waals surface area contributed by atoms with Gasteiger partial charge in [0.2, 0.25) is 0 Å². The maximum Gasteiger partial charge on any atom is 0.0673 e. The van der Waals surface area contributed by atoms with E-state index in [-0.39, 0.29) is 46.5 Å². The maximum atomic E-state index is 5.91. The number of allylic oxidation sites excluding steroid dienone is 2. The van der Waals surface area contributed by atoms with Crippen LogP contribution in [0.4, 0.5) is 0 Å². The van der Waals surface area contributed by atoms with Crippen molar-refractivity contribution in [1.29, 1.82) is 0 Å². The van der Waals surface area contributed by atoms with Crippen molar-refractivity contribution in [3.8, 4) is 0 Å². The summed E-state index contributed by atoms with van der Waals surface area (Å²) in [5.74, 6) is 0. The first-order chi connectivity index (χ1) is 6.11. The van der Waals surface area contributed by atoms with E-state index in [4.69, 9.17) is 4.74 Å². The molecule has 0 amide bonds. The third-order valence-electron chi connectivity index (χ3n) is 2.05. The largest absolute Gasteiger partial charge is 0.378 e. The molecule has 1 unspecified atom stereocenters. The van der Waals surface area contributed by atoms with Crippen LogP contribution in [0.2, 0.25) is 13.1 Å². The molecule has 1 atom stereocenters. The molecule has 0 N–H and O–H groups in total. The molecule has 0 saturated carbocycles. The van der Waals surface area contributed by atoms with Crippen molar-refractivity contribution in [2.45, 2.75) is 45.2 Å². The minimum absolute atomic E-state index is 0. The average molecular weight is 316 g/mol. The second-order valence-corrected chi connectivity index (χ2v) is 7.18. The first-order valence-electron chi connectivity index (χ1n) is 5.04. The van der Waals surface area contributed by atoms with Crippen molar-refractivity contribution in [1.82, 2.24) is 0 Å². The summed E-state index contributed by atoms with van der Waals surface area (Å²) < 4.78 is 5.91. The zero-order valence-electron chi connectivity index (χ0n) is 10.3. The second-order valence-electron chi connectivity index (χ2n) is 4.09. The topological polar surface area (TPSA) is 9.23 Å². The fourth-order valence-corrected chi connectivity index (χ4v) is 3.08. The molecule has 1 nitrogen and oxygen atoms in total. The molecule has 0 heterocycles. The van der Waals surface area contributed by atoms with Crippen LogP contribution in [0.1, 0.15) is 20.3 Å². The summed E-state index contributed by atoms with van der Waals surface area (Å²) in [6.45, 7) is 8.85. The Labute approximate surface area is 128 Å². The number of hydrogen-bond donors (Lipinski definition) is 0. The zero-order chi connectivity index (χ0) is 9.84. The Morgan fingerprint density at radius 2 is 1.88 bits per heavy atom. The molecular formula is C11H21Cl2OSiTi-. The van der Waals surface area contributed by atoms with Gasteiger partial charge in [-0.05, 0) is 13.8 Å². The molecular weight excluding hydrogens is 295 g/mol. The SMILES string of the molecule is CC(C)OC(C1=[C-]CC=C1)[SiH](C)C.Cl.Cl.[Ti]. The molecule has 0 aromatic heterocycles. The van der Waals surface area contributed by atoms with Crippen LogP contribution in [0.5, 0.6) is 0 Å². The molecule has 0 bridgehead atoms. The monoisotopic (exact) mass is 315 g/mol. The van der Waals surface area contributed by atoms with Crippen LogP contribution in [0.3, 0.4) is 0 Å². The van der Waals surface area contributed by atoms with Gasteiger partial charge >= 0.3 is 0 Å². The van der Waals surface area contributed by atoms with Gasteiger partial charge in [-0.25, -0.2) is 6.08 Å². The zero-order valence-corrected chi connectivity index (χ0v) is 14.7. The Hall–Kier alpha value is 0.951. The van der Waals surface area contributed by atoms with Crippen LogP contribution in [0.15, 0.2) is 17.7 Å². The van der Waals surface area contributed by atoms with Crippen molar-refractivity contribution in [2.24, 2.45) is 0 Å². The molecule has 0 aromatic carbocycles. The van der Waals surface area contributed by atoms with Crippen LogP contribution in [-0.2, 0) is 26.5 Å². The number of hydrogen-bond acceptors (Lipinski definition) is 1. The Morgan fingerprint density at radius 1 is 1.31 bits per heavy atom. The smallest absolute Gasteiger partial charge is 0.0673 e. The summed E-state index contributed by atoms with van der Waals surface area (Å²) in [7, 11) is -0.768. The molecule has 0 spiro atoms. The molecule has 0 saturated heterocycles. The van der Waals surface area contributed by atoms with Gasteiger partial charge in [0.25, 0.3) is 0 Å². The van der Waals surface area contributed by atoms with E-state index in [1.165, 1.54) is 5.57 Å². The third kappa shape index (κ3) is 7.31. The molecule has 16 heavy (non-hydrogen) atoms. The summed E-state index contributed by atoms with van der Waals surface area (Å²) in [5.41, 5.74) is 1.65. The Kier molecular flexibility index (Phi) is 15.3. The van der Waals surface area contributed by atoms with Gasteiger partial charge in [0, 0.05) is 27.4 Å². The maximum absolute atomic E-state index is 5.91. The van der Waals surface area contributed by atoms with Crippen molar-refractivity contribution in [3.63, 3.8) is 0 Å². The van der Waals surface area contributed by atoms with E-state index < -0.39 is 8.80 Å². The first-order valence-corrected chi connectivity index (χ1v) is 8.01. The van der Waals surface area contributed by atoms with E-state index in [2.05, 4.69) is 45.2 Å². The molecule has 0 radical (unpaired) electrons. The number of rotatable bonds is 4. The van der Waals surface area contributed by atoms with Crippen molar-refractivity contribution >= 4 is 33.6 Å². The fraction of sp³-hybridized carbons (Fsp3) is 0.636. The first kappa shape index (κ1) is 22.2.